The number of benzene rings is 1. The fraction of sp³-hybridized carbons (Fsp3) is 0.438. The van der Waals surface area contributed by atoms with E-state index in [1.807, 2.05) is 24.4 Å². The van der Waals surface area contributed by atoms with E-state index in [0.717, 1.165) is 48.6 Å². The predicted octanol–water partition coefficient (Wildman–Crippen LogP) is 2.88. The van der Waals surface area contributed by atoms with Gasteiger partial charge >= 0.3 is 0 Å². The molecule has 0 aliphatic carbocycles. The molecule has 4 nitrogen and oxygen atoms in total. The number of halogens is 1. The van der Waals surface area contributed by atoms with Crippen LogP contribution >= 0.6 is 11.6 Å². The van der Waals surface area contributed by atoms with Gasteiger partial charge in [0.25, 0.3) is 0 Å². The second-order valence-corrected chi connectivity index (χ2v) is 6.18. The molecule has 0 bridgehead atoms. The second-order valence-electron chi connectivity index (χ2n) is 5.75. The molecular weight excluding hydrogens is 288 g/mol. The highest BCUT2D eigenvalue weighted by Crippen LogP contribution is 2.33. The number of pyridine rings is 1. The molecule has 3 heterocycles. The van der Waals surface area contributed by atoms with Crippen molar-refractivity contribution in [3.05, 3.63) is 35.5 Å². The number of hydrogen-bond acceptors (Lipinski definition) is 4. The minimum Gasteiger partial charge on any atom is -0.378 e. The molecule has 0 saturated carbocycles. The minimum atomic E-state index is -0.146. The SMILES string of the molecule is Clc1ccc2nccc(N3CCOC4(CCOC4)C3)c2c1. The highest BCUT2D eigenvalue weighted by molar-refractivity contribution is 6.31. The lowest BCUT2D eigenvalue weighted by Gasteiger charge is -2.41. The van der Waals surface area contributed by atoms with Crippen molar-refractivity contribution in [3.63, 3.8) is 0 Å². The Morgan fingerprint density at radius 1 is 1.24 bits per heavy atom. The predicted molar refractivity (Wildman–Crippen MR) is 83.1 cm³/mol. The molecule has 1 atom stereocenters. The molecule has 1 unspecified atom stereocenters. The summed E-state index contributed by atoms with van der Waals surface area (Å²) in [4.78, 5) is 6.80. The minimum absolute atomic E-state index is 0.146. The molecule has 0 radical (unpaired) electrons. The van der Waals surface area contributed by atoms with Crippen LogP contribution < -0.4 is 4.90 Å². The summed E-state index contributed by atoms with van der Waals surface area (Å²) in [5, 5.41) is 1.84. The van der Waals surface area contributed by atoms with E-state index in [0.29, 0.717) is 6.61 Å². The highest BCUT2D eigenvalue weighted by atomic mass is 35.5. The smallest absolute Gasteiger partial charge is 0.111 e. The quantitative estimate of drug-likeness (QED) is 0.811. The van der Waals surface area contributed by atoms with E-state index in [9.17, 15) is 0 Å². The molecule has 2 aliphatic rings. The third-order valence-electron chi connectivity index (χ3n) is 4.34. The normalized spacial score (nSPS) is 25.9. The van der Waals surface area contributed by atoms with Gasteiger partial charge in [-0.25, -0.2) is 0 Å². The van der Waals surface area contributed by atoms with E-state index in [-0.39, 0.29) is 5.60 Å². The van der Waals surface area contributed by atoms with E-state index < -0.39 is 0 Å². The van der Waals surface area contributed by atoms with Crippen LogP contribution in [0.2, 0.25) is 5.02 Å². The third kappa shape index (κ3) is 2.37. The molecule has 2 aliphatic heterocycles. The molecule has 21 heavy (non-hydrogen) atoms. The zero-order chi connectivity index (χ0) is 14.3. The first-order chi connectivity index (χ1) is 10.3. The molecule has 110 valence electrons. The topological polar surface area (TPSA) is 34.6 Å². The third-order valence-corrected chi connectivity index (χ3v) is 4.57. The standard InChI is InChI=1S/C16H17ClN2O2/c17-12-1-2-14-13(9-12)15(3-5-18-14)19-6-8-21-16(10-19)4-7-20-11-16/h1-3,5,9H,4,6-8,10-11H2. The highest BCUT2D eigenvalue weighted by Gasteiger charge is 2.40. The molecule has 1 spiro atoms. The molecule has 2 saturated heterocycles. The largest absolute Gasteiger partial charge is 0.378 e. The Morgan fingerprint density at radius 3 is 3.05 bits per heavy atom. The number of ether oxygens (including phenoxy) is 2. The molecule has 5 heteroatoms. The first-order valence-corrected chi connectivity index (χ1v) is 7.65. The lowest BCUT2D eigenvalue weighted by Crippen LogP contribution is -2.52. The Hall–Kier alpha value is -1.36. The molecule has 1 aromatic carbocycles. The van der Waals surface area contributed by atoms with Crippen molar-refractivity contribution in [3.8, 4) is 0 Å². The Balaban J connectivity index is 1.74. The maximum absolute atomic E-state index is 6.16. The van der Waals surface area contributed by atoms with Crippen LogP contribution in [-0.4, -0.2) is 43.5 Å². The number of anilines is 1. The summed E-state index contributed by atoms with van der Waals surface area (Å²) in [5.74, 6) is 0. The monoisotopic (exact) mass is 304 g/mol. The summed E-state index contributed by atoms with van der Waals surface area (Å²) in [7, 11) is 0. The maximum Gasteiger partial charge on any atom is 0.111 e. The van der Waals surface area contributed by atoms with E-state index >= 15 is 0 Å². The Labute approximate surface area is 128 Å². The Morgan fingerprint density at radius 2 is 2.19 bits per heavy atom. The molecule has 1 aromatic heterocycles. The van der Waals surface area contributed by atoms with E-state index in [2.05, 4.69) is 16.0 Å². The lowest BCUT2D eigenvalue weighted by molar-refractivity contribution is -0.0578. The van der Waals surface area contributed by atoms with Crippen LogP contribution in [0.5, 0.6) is 0 Å². The van der Waals surface area contributed by atoms with Gasteiger partial charge in [-0.3, -0.25) is 4.98 Å². The van der Waals surface area contributed by atoms with Gasteiger partial charge in [0.05, 0.1) is 18.7 Å². The van der Waals surface area contributed by atoms with Crippen molar-refractivity contribution < 1.29 is 9.47 Å². The number of morpholine rings is 1. The zero-order valence-corrected chi connectivity index (χ0v) is 12.5. The van der Waals surface area contributed by atoms with Crippen molar-refractivity contribution in [1.29, 1.82) is 0 Å². The zero-order valence-electron chi connectivity index (χ0n) is 11.7. The molecule has 2 aromatic rings. The van der Waals surface area contributed by atoms with Crippen molar-refractivity contribution in [2.24, 2.45) is 0 Å². The summed E-state index contributed by atoms with van der Waals surface area (Å²) in [5.41, 5.74) is 2.00. The molecule has 4 rings (SSSR count). The van der Waals surface area contributed by atoms with Gasteiger partial charge in [0, 0.05) is 48.4 Å². The van der Waals surface area contributed by atoms with Gasteiger partial charge in [0.2, 0.25) is 0 Å². The van der Waals surface area contributed by atoms with Gasteiger partial charge in [-0.15, -0.1) is 0 Å². The number of aromatic nitrogens is 1. The summed E-state index contributed by atoms with van der Waals surface area (Å²) >= 11 is 6.16. The van der Waals surface area contributed by atoms with E-state index in [1.54, 1.807) is 0 Å². The first-order valence-electron chi connectivity index (χ1n) is 7.27. The van der Waals surface area contributed by atoms with Gasteiger partial charge in [-0.2, -0.15) is 0 Å². The summed E-state index contributed by atoms with van der Waals surface area (Å²) in [6.45, 7) is 3.95. The van der Waals surface area contributed by atoms with Crippen molar-refractivity contribution in [2.45, 2.75) is 12.0 Å². The Kier molecular flexibility index (Phi) is 3.25. The van der Waals surface area contributed by atoms with Crippen molar-refractivity contribution in [2.75, 3.05) is 37.8 Å². The number of fused-ring (bicyclic) bond motifs is 1. The second kappa shape index (κ2) is 5.13. The lowest BCUT2D eigenvalue weighted by atomic mass is 10.00. The van der Waals surface area contributed by atoms with Gasteiger partial charge < -0.3 is 14.4 Å². The van der Waals surface area contributed by atoms with Crippen LogP contribution in [-0.2, 0) is 9.47 Å². The number of hydrogen-bond donors (Lipinski definition) is 0. The van der Waals surface area contributed by atoms with Gasteiger partial charge in [0.1, 0.15) is 5.60 Å². The van der Waals surface area contributed by atoms with Crippen LogP contribution in [0.25, 0.3) is 10.9 Å². The van der Waals surface area contributed by atoms with E-state index in [4.69, 9.17) is 21.1 Å². The number of nitrogens with zero attached hydrogens (tertiary/aromatic N) is 2. The van der Waals surface area contributed by atoms with Gasteiger partial charge in [-0.05, 0) is 24.3 Å². The van der Waals surface area contributed by atoms with Crippen LogP contribution in [0.4, 0.5) is 5.69 Å². The average Bonchev–Trinajstić information content (AvgIpc) is 2.94. The van der Waals surface area contributed by atoms with Crippen LogP contribution in [0.3, 0.4) is 0 Å². The number of rotatable bonds is 1. The van der Waals surface area contributed by atoms with Gasteiger partial charge in [-0.1, -0.05) is 11.6 Å². The van der Waals surface area contributed by atoms with Gasteiger partial charge in [0.15, 0.2) is 0 Å². The first kappa shape index (κ1) is 13.3. The fourth-order valence-electron chi connectivity index (χ4n) is 3.26. The summed E-state index contributed by atoms with van der Waals surface area (Å²) in [6.07, 6.45) is 2.83. The van der Waals surface area contributed by atoms with Crippen LogP contribution in [0, 0.1) is 0 Å². The van der Waals surface area contributed by atoms with Crippen molar-refractivity contribution >= 4 is 28.2 Å². The van der Waals surface area contributed by atoms with Crippen molar-refractivity contribution in [1.82, 2.24) is 4.98 Å². The van der Waals surface area contributed by atoms with Crippen LogP contribution in [0.15, 0.2) is 30.5 Å². The molecular formula is C16H17ClN2O2. The fourth-order valence-corrected chi connectivity index (χ4v) is 3.43. The maximum atomic E-state index is 6.16. The average molecular weight is 305 g/mol. The summed E-state index contributed by atoms with van der Waals surface area (Å²) in [6, 6.07) is 7.91. The van der Waals surface area contributed by atoms with Crippen LogP contribution in [0.1, 0.15) is 6.42 Å². The molecule has 0 amide bonds. The molecule has 0 N–H and O–H groups in total. The van der Waals surface area contributed by atoms with E-state index in [1.165, 1.54) is 5.69 Å². The Bertz CT molecular complexity index is 670. The molecule has 2 fully saturated rings. The summed E-state index contributed by atoms with van der Waals surface area (Å²) < 4.78 is 11.5.